The van der Waals surface area contributed by atoms with Crippen LogP contribution in [0, 0.1) is 11.3 Å². The van der Waals surface area contributed by atoms with E-state index in [4.69, 9.17) is 26.3 Å². The molecule has 2 fully saturated rings. The van der Waals surface area contributed by atoms with Crippen molar-refractivity contribution in [3.05, 3.63) is 59.3 Å². The topological polar surface area (TPSA) is 102 Å². The number of anilines is 2. The molecule has 1 aromatic carbocycles. The van der Waals surface area contributed by atoms with Gasteiger partial charge in [-0.2, -0.15) is 15.2 Å². The highest BCUT2D eigenvalue weighted by atomic mass is 35.5. The third kappa shape index (κ3) is 6.65. The highest BCUT2D eigenvalue weighted by molar-refractivity contribution is 6.36. The first-order valence-corrected chi connectivity index (χ1v) is 15.5. The number of alkyl halides is 1. The predicted molar refractivity (Wildman–Crippen MR) is 168 cm³/mol. The Hall–Kier alpha value is -4.08. The fourth-order valence-electron chi connectivity index (χ4n) is 6.23. The highest BCUT2D eigenvalue weighted by Gasteiger charge is 2.43. The molecule has 0 bridgehead atoms. The van der Waals surface area contributed by atoms with Gasteiger partial charge in [-0.3, -0.25) is 14.7 Å². The van der Waals surface area contributed by atoms with E-state index in [0.717, 1.165) is 27.7 Å². The van der Waals surface area contributed by atoms with Gasteiger partial charge in [0.2, 0.25) is 0 Å². The summed E-state index contributed by atoms with van der Waals surface area (Å²) in [5.74, 6) is -1.17. The number of piperazine rings is 1. The van der Waals surface area contributed by atoms with Crippen molar-refractivity contribution in [1.29, 1.82) is 5.26 Å². The first kappa shape index (κ1) is 30.9. The second-order valence-corrected chi connectivity index (χ2v) is 12.4. The molecular weight excluding hydrogens is 602 g/mol. The van der Waals surface area contributed by atoms with E-state index in [2.05, 4.69) is 22.5 Å². The van der Waals surface area contributed by atoms with Gasteiger partial charge in [0.1, 0.15) is 18.1 Å². The number of halogens is 3. The van der Waals surface area contributed by atoms with Crippen LogP contribution < -0.4 is 14.5 Å². The van der Waals surface area contributed by atoms with Crippen LogP contribution in [-0.4, -0.2) is 95.3 Å². The van der Waals surface area contributed by atoms with Crippen LogP contribution >= 0.6 is 11.6 Å². The lowest BCUT2D eigenvalue weighted by Gasteiger charge is -2.42. The number of carbonyl (C=O) groups excluding carboxylic acids is 1. The largest absolute Gasteiger partial charge is 0.462 e. The summed E-state index contributed by atoms with van der Waals surface area (Å²) in [5.41, 5.74) is 1.55. The molecule has 1 saturated carbocycles. The van der Waals surface area contributed by atoms with Gasteiger partial charge in [-0.15, -0.1) is 0 Å². The third-order valence-electron chi connectivity index (χ3n) is 8.73. The van der Waals surface area contributed by atoms with E-state index in [1.807, 2.05) is 41.2 Å². The molecule has 1 atom stereocenters. The first-order chi connectivity index (χ1) is 21.7. The molecule has 0 radical (unpaired) electrons. The Morgan fingerprint density at radius 1 is 1.24 bits per heavy atom. The monoisotopic (exact) mass is 636 g/mol. The number of amides is 1. The minimum Gasteiger partial charge on any atom is -0.462 e. The number of nitriles is 1. The summed E-state index contributed by atoms with van der Waals surface area (Å²) in [6, 6.07) is 7.53. The SMILES string of the molecule is C=C(F)C(=O)N1CCN(c2nc(OCCN(C)CC3(F)CC3)nc3c2CCN(c2cncc4cccc(Cl)c24)C3)C[C@@H]1CC#N. The second kappa shape index (κ2) is 12.7. The lowest BCUT2D eigenvalue weighted by Crippen LogP contribution is -2.55. The van der Waals surface area contributed by atoms with Gasteiger partial charge in [0.25, 0.3) is 5.91 Å². The summed E-state index contributed by atoms with van der Waals surface area (Å²) in [6.45, 7) is 6.31. The molecule has 10 nitrogen and oxygen atoms in total. The van der Waals surface area contributed by atoms with Gasteiger partial charge in [-0.05, 0) is 32.4 Å². The first-order valence-electron chi connectivity index (χ1n) is 15.1. The number of benzene rings is 1. The number of fused-ring (bicyclic) bond motifs is 2. The van der Waals surface area contributed by atoms with Crippen LogP contribution in [0.15, 0.2) is 43.0 Å². The second-order valence-electron chi connectivity index (χ2n) is 12.0. The lowest BCUT2D eigenvalue weighted by molar-refractivity contribution is -0.131. The van der Waals surface area contributed by atoms with Gasteiger partial charge in [0, 0.05) is 61.8 Å². The maximum atomic E-state index is 14.3. The Morgan fingerprint density at radius 3 is 2.82 bits per heavy atom. The predicted octanol–water partition coefficient (Wildman–Crippen LogP) is 4.47. The molecule has 1 amide bonds. The molecule has 13 heteroatoms. The number of carbonyl (C=O) groups is 1. The summed E-state index contributed by atoms with van der Waals surface area (Å²) in [4.78, 5) is 34.1. The van der Waals surface area contributed by atoms with E-state index in [9.17, 15) is 18.8 Å². The van der Waals surface area contributed by atoms with Crippen molar-refractivity contribution in [2.75, 3.05) is 62.7 Å². The third-order valence-corrected chi connectivity index (χ3v) is 9.04. The lowest BCUT2D eigenvalue weighted by atomic mass is 10.0. The zero-order valence-electron chi connectivity index (χ0n) is 25.2. The van der Waals surface area contributed by atoms with Crippen molar-refractivity contribution in [2.24, 2.45) is 0 Å². The molecule has 4 heterocycles. The average Bonchev–Trinajstić information content (AvgIpc) is 3.75. The van der Waals surface area contributed by atoms with Crippen molar-refractivity contribution in [2.45, 2.75) is 43.9 Å². The summed E-state index contributed by atoms with van der Waals surface area (Å²) in [7, 11) is 1.87. The van der Waals surface area contributed by atoms with E-state index in [1.54, 1.807) is 6.20 Å². The Morgan fingerprint density at radius 2 is 2.07 bits per heavy atom. The van der Waals surface area contributed by atoms with Crippen LogP contribution in [0.2, 0.25) is 5.02 Å². The molecule has 1 saturated heterocycles. The number of aromatic nitrogens is 3. The maximum absolute atomic E-state index is 14.3. The molecule has 0 N–H and O–H groups in total. The summed E-state index contributed by atoms with van der Waals surface area (Å²) in [6.07, 6.45) is 5.45. The molecule has 45 heavy (non-hydrogen) atoms. The van der Waals surface area contributed by atoms with Gasteiger partial charge in [0.15, 0.2) is 5.83 Å². The summed E-state index contributed by atoms with van der Waals surface area (Å²) < 4.78 is 34.1. The number of likely N-dealkylation sites (N-methyl/N-ethyl adjacent to an activating group) is 1. The molecule has 0 spiro atoms. The molecule has 2 aliphatic heterocycles. The Labute approximate surface area is 265 Å². The molecule has 3 aliphatic rings. The Balaban J connectivity index is 1.29. The van der Waals surface area contributed by atoms with Crippen molar-refractivity contribution >= 4 is 39.8 Å². The molecular formula is C32H35ClF2N8O2. The van der Waals surface area contributed by atoms with Crippen molar-refractivity contribution in [1.82, 2.24) is 24.8 Å². The summed E-state index contributed by atoms with van der Waals surface area (Å²) in [5, 5.41) is 12.0. The van der Waals surface area contributed by atoms with Gasteiger partial charge in [-0.25, -0.2) is 8.78 Å². The maximum Gasteiger partial charge on any atom is 0.318 e. The number of hydrogen-bond acceptors (Lipinski definition) is 9. The van der Waals surface area contributed by atoms with Crippen LogP contribution in [0.4, 0.5) is 20.3 Å². The smallest absolute Gasteiger partial charge is 0.318 e. The van der Waals surface area contributed by atoms with Crippen LogP contribution in [0.3, 0.4) is 0 Å². The Kier molecular flexibility index (Phi) is 8.75. The van der Waals surface area contributed by atoms with Crippen LogP contribution in [0.25, 0.3) is 10.8 Å². The molecule has 236 valence electrons. The standard InChI is InChI=1S/C32H35ClF2N8O2/c1-21(34)30(44)43-13-12-42(18-23(43)6-10-36)29-24-7-11-41(27-17-37-16-22-4-3-5-25(33)28(22)27)19-26(24)38-31(39-29)45-15-14-40(2)20-32(35)8-9-32/h3-5,16-17,23H,1,6-9,11-15,18-20H2,2H3/t23-/m0/s1. The minimum atomic E-state index is -1.09. The summed E-state index contributed by atoms with van der Waals surface area (Å²) >= 11 is 6.64. The molecule has 1 aliphatic carbocycles. The fourth-order valence-corrected chi connectivity index (χ4v) is 6.51. The molecule has 6 rings (SSSR count). The fraction of sp³-hybridized carbons (Fsp3) is 0.469. The van der Waals surface area contributed by atoms with Crippen molar-refractivity contribution in [3.63, 3.8) is 0 Å². The van der Waals surface area contributed by atoms with E-state index < -0.39 is 23.4 Å². The normalized spacial score (nSPS) is 18.9. The Bertz CT molecular complexity index is 1660. The van der Waals surface area contributed by atoms with Gasteiger partial charge < -0.3 is 19.4 Å². The molecule has 2 aromatic heterocycles. The van der Waals surface area contributed by atoms with Crippen molar-refractivity contribution < 1.29 is 18.3 Å². The van der Waals surface area contributed by atoms with Crippen molar-refractivity contribution in [3.8, 4) is 12.1 Å². The number of rotatable bonds is 10. The molecule has 3 aromatic rings. The molecule has 0 unspecified atom stereocenters. The van der Waals surface area contributed by atoms with Gasteiger partial charge >= 0.3 is 6.01 Å². The zero-order chi connectivity index (χ0) is 31.7. The highest BCUT2D eigenvalue weighted by Crippen LogP contribution is 2.40. The van der Waals surface area contributed by atoms with E-state index in [-0.39, 0.29) is 25.6 Å². The number of hydrogen-bond donors (Lipinski definition) is 0. The van der Waals surface area contributed by atoms with Gasteiger partial charge in [0.05, 0.1) is 47.7 Å². The van der Waals surface area contributed by atoms with Crippen LogP contribution in [0.1, 0.15) is 30.5 Å². The van der Waals surface area contributed by atoms with Gasteiger partial charge in [-0.1, -0.05) is 30.3 Å². The minimum absolute atomic E-state index is 0.0389. The van der Waals surface area contributed by atoms with Crippen LogP contribution in [-0.2, 0) is 17.8 Å². The van der Waals surface area contributed by atoms with E-state index in [1.165, 1.54) is 4.90 Å². The van der Waals surface area contributed by atoms with E-state index >= 15 is 0 Å². The van der Waals surface area contributed by atoms with E-state index in [0.29, 0.717) is 69.4 Å². The average molecular weight is 637 g/mol. The zero-order valence-corrected chi connectivity index (χ0v) is 25.9. The number of ether oxygens (including phenoxy) is 1. The quantitative estimate of drug-likeness (QED) is 0.298. The number of pyridine rings is 1. The van der Waals surface area contributed by atoms with Crippen LogP contribution in [0.5, 0.6) is 6.01 Å². The number of nitrogens with zero attached hydrogens (tertiary/aromatic N) is 8.